The maximum Gasteiger partial charge on any atom is 0.0833 e. The van der Waals surface area contributed by atoms with Crippen molar-refractivity contribution in [3.63, 3.8) is 0 Å². The van der Waals surface area contributed by atoms with Gasteiger partial charge in [-0.05, 0) is 38.6 Å². The van der Waals surface area contributed by atoms with Crippen molar-refractivity contribution >= 4 is 0 Å². The van der Waals surface area contributed by atoms with Crippen LogP contribution in [0.4, 0.5) is 0 Å². The van der Waals surface area contributed by atoms with E-state index in [4.69, 9.17) is 10.6 Å². The minimum absolute atomic E-state index is 0.152. The number of hydrazine groups is 1. The van der Waals surface area contributed by atoms with Crippen molar-refractivity contribution < 1.29 is 4.74 Å². The minimum atomic E-state index is 0.152. The lowest BCUT2D eigenvalue weighted by molar-refractivity contribution is -0.136. The molecule has 0 aromatic rings. The number of morpholine rings is 1. The largest absolute Gasteiger partial charge is 0.372 e. The zero-order valence-corrected chi connectivity index (χ0v) is 12.9. The second kappa shape index (κ2) is 6.28. The monoisotopic (exact) mass is 282 g/mol. The first-order chi connectivity index (χ1) is 9.65. The number of hydrogen-bond donors (Lipinski definition) is 1. The molecule has 3 heterocycles. The molecule has 5 heteroatoms. The highest BCUT2D eigenvalue weighted by Crippen LogP contribution is 2.30. The zero-order chi connectivity index (χ0) is 14.0. The van der Waals surface area contributed by atoms with Crippen LogP contribution in [0, 0.1) is 5.92 Å². The summed E-state index contributed by atoms with van der Waals surface area (Å²) < 4.78 is 6.19. The first-order valence-corrected chi connectivity index (χ1v) is 8.20. The van der Waals surface area contributed by atoms with E-state index in [2.05, 4.69) is 16.8 Å². The number of hydrogen-bond acceptors (Lipinski definition) is 5. The third kappa shape index (κ3) is 3.52. The third-order valence-corrected chi connectivity index (χ3v) is 5.39. The van der Waals surface area contributed by atoms with Gasteiger partial charge >= 0.3 is 0 Å². The summed E-state index contributed by atoms with van der Waals surface area (Å²) in [7, 11) is 2.22. The lowest BCUT2D eigenvalue weighted by Crippen LogP contribution is -2.57. The maximum absolute atomic E-state index is 6.19. The van der Waals surface area contributed by atoms with Crippen LogP contribution in [0.3, 0.4) is 0 Å². The van der Waals surface area contributed by atoms with Crippen LogP contribution >= 0.6 is 0 Å². The molecule has 0 saturated carbocycles. The predicted octanol–water partition coefficient (Wildman–Crippen LogP) is 0.369. The fourth-order valence-electron chi connectivity index (χ4n) is 3.91. The van der Waals surface area contributed by atoms with Gasteiger partial charge in [-0.1, -0.05) is 0 Å². The zero-order valence-electron chi connectivity index (χ0n) is 12.9. The minimum Gasteiger partial charge on any atom is -0.372 e. The lowest BCUT2D eigenvalue weighted by Gasteiger charge is -2.47. The SMILES string of the molecule is CN1CCC2(CC1)CN(CC1CCN(N)CC1)CCO2. The molecule has 3 aliphatic rings. The van der Waals surface area contributed by atoms with Gasteiger partial charge in [0.25, 0.3) is 0 Å². The molecule has 0 amide bonds. The maximum atomic E-state index is 6.19. The van der Waals surface area contributed by atoms with E-state index in [0.29, 0.717) is 0 Å². The average Bonchev–Trinajstić information content (AvgIpc) is 2.45. The van der Waals surface area contributed by atoms with Gasteiger partial charge in [0.1, 0.15) is 0 Å². The van der Waals surface area contributed by atoms with Crippen molar-refractivity contribution in [3.05, 3.63) is 0 Å². The third-order valence-electron chi connectivity index (χ3n) is 5.39. The topological polar surface area (TPSA) is 45.0 Å². The van der Waals surface area contributed by atoms with E-state index in [-0.39, 0.29) is 5.60 Å². The summed E-state index contributed by atoms with van der Waals surface area (Å²) in [6.07, 6.45) is 4.90. The molecule has 3 rings (SSSR count). The highest BCUT2D eigenvalue weighted by Gasteiger charge is 2.39. The van der Waals surface area contributed by atoms with E-state index in [0.717, 1.165) is 38.7 Å². The Morgan fingerprint density at radius 2 is 1.80 bits per heavy atom. The van der Waals surface area contributed by atoms with E-state index < -0.39 is 0 Å². The number of likely N-dealkylation sites (tertiary alicyclic amines) is 1. The number of nitrogens with two attached hydrogens (primary N) is 1. The Labute approximate surface area is 123 Å². The summed E-state index contributed by atoms with van der Waals surface area (Å²) in [5.41, 5.74) is 0.152. The van der Waals surface area contributed by atoms with E-state index >= 15 is 0 Å². The first kappa shape index (κ1) is 14.7. The molecule has 2 N–H and O–H groups in total. The van der Waals surface area contributed by atoms with E-state index in [1.807, 2.05) is 5.01 Å². The van der Waals surface area contributed by atoms with Gasteiger partial charge in [0.05, 0.1) is 12.2 Å². The van der Waals surface area contributed by atoms with Crippen LogP contribution in [0.15, 0.2) is 0 Å². The Kier molecular flexibility index (Phi) is 4.62. The summed E-state index contributed by atoms with van der Waals surface area (Å²) in [5.74, 6) is 6.68. The van der Waals surface area contributed by atoms with Crippen LogP contribution in [0.5, 0.6) is 0 Å². The number of piperidine rings is 2. The van der Waals surface area contributed by atoms with Crippen molar-refractivity contribution in [1.82, 2.24) is 14.8 Å². The van der Waals surface area contributed by atoms with Gasteiger partial charge in [-0.15, -0.1) is 0 Å². The van der Waals surface area contributed by atoms with E-state index in [9.17, 15) is 0 Å². The van der Waals surface area contributed by atoms with Crippen LogP contribution in [-0.4, -0.2) is 79.9 Å². The Hall–Kier alpha value is -0.200. The van der Waals surface area contributed by atoms with Gasteiger partial charge in [0.15, 0.2) is 0 Å². The van der Waals surface area contributed by atoms with Crippen molar-refractivity contribution in [2.75, 3.05) is 59.5 Å². The molecule has 0 unspecified atom stereocenters. The first-order valence-electron chi connectivity index (χ1n) is 8.20. The molecule has 0 radical (unpaired) electrons. The highest BCUT2D eigenvalue weighted by atomic mass is 16.5. The Morgan fingerprint density at radius 3 is 2.50 bits per heavy atom. The predicted molar refractivity (Wildman–Crippen MR) is 80.3 cm³/mol. The summed E-state index contributed by atoms with van der Waals surface area (Å²) in [5, 5.41) is 1.97. The van der Waals surface area contributed by atoms with Gasteiger partial charge in [0.2, 0.25) is 0 Å². The molecule has 3 saturated heterocycles. The molecule has 1 spiro atoms. The van der Waals surface area contributed by atoms with Crippen LogP contribution in [-0.2, 0) is 4.74 Å². The second-order valence-corrected chi connectivity index (χ2v) is 7.05. The van der Waals surface area contributed by atoms with Crippen LogP contribution in [0.1, 0.15) is 25.7 Å². The normalized spacial score (nSPS) is 30.9. The fraction of sp³-hybridized carbons (Fsp3) is 1.00. The highest BCUT2D eigenvalue weighted by molar-refractivity contribution is 4.92. The van der Waals surface area contributed by atoms with Crippen LogP contribution in [0.2, 0.25) is 0 Å². The Bertz CT molecular complexity index is 309. The van der Waals surface area contributed by atoms with Crippen LogP contribution < -0.4 is 5.84 Å². The van der Waals surface area contributed by atoms with E-state index in [1.54, 1.807) is 0 Å². The number of ether oxygens (including phenoxy) is 1. The molecule has 3 aliphatic heterocycles. The van der Waals surface area contributed by atoms with E-state index in [1.165, 1.54) is 45.3 Å². The average molecular weight is 282 g/mol. The number of nitrogens with zero attached hydrogens (tertiary/aromatic N) is 3. The van der Waals surface area contributed by atoms with Crippen molar-refractivity contribution in [3.8, 4) is 0 Å². The molecular formula is C15H30N4O. The molecule has 0 atom stereocenters. The fourth-order valence-corrected chi connectivity index (χ4v) is 3.91. The summed E-state index contributed by atoms with van der Waals surface area (Å²) in [4.78, 5) is 5.08. The van der Waals surface area contributed by atoms with Crippen molar-refractivity contribution in [1.29, 1.82) is 0 Å². The molecule has 5 nitrogen and oxygen atoms in total. The standard InChI is InChI=1S/C15H30N4O/c1-17-8-4-15(5-9-17)13-18(10-11-20-15)12-14-2-6-19(16)7-3-14/h14H,2-13,16H2,1H3. The quantitative estimate of drug-likeness (QED) is 0.741. The van der Waals surface area contributed by atoms with Gasteiger partial charge in [-0.3, -0.25) is 10.7 Å². The molecular weight excluding hydrogens is 252 g/mol. The molecule has 20 heavy (non-hydrogen) atoms. The van der Waals surface area contributed by atoms with Crippen molar-refractivity contribution in [2.45, 2.75) is 31.3 Å². The van der Waals surface area contributed by atoms with Gasteiger partial charge in [0, 0.05) is 45.8 Å². The molecule has 3 fully saturated rings. The molecule has 0 aromatic carbocycles. The summed E-state index contributed by atoms with van der Waals surface area (Å²) in [6, 6.07) is 0. The summed E-state index contributed by atoms with van der Waals surface area (Å²) in [6.45, 7) is 8.90. The molecule has 0 aromatic heterocycles. The van der Waals surface area contributed by atoms with Gasteiger partial charge < -0.3 is 9.64 Å². The van der Waals surface area contributed by atoms with Gasteiger partial charge in [-0.2, -0.15) is 0 Å². The molecule has 0 bridgehead atoms. The van der Waals surface area contributed by atoms with Crippen molar-refractivity contribution in [2.24, 2.45) is 11.8 Å². The smallest absolute Gasteiger partial charge is 0.0833 e. The molecule has 0 aliphatic carbocycles. The lowest BCUT2D eigenvalue weighted by atomic mass is 9.88. The Balaban J connectivity index is 1.50. The summed E-state index contributed by atoms with van der Waals surface area (Å²) >= 11 is 0. The molecule has 116 valence electrons. The van der Waals surface area contributed by atoms with Gasteiger partial charge in [-0.25, -0.2) is 5.01 Å². The Morgan fingerprint density at radius 1 is 1.10 bits per heavy atom. The van der Waals surface area contributed by atoms with Crippen LogP contribution in [0.25, 0.3) is 0 Å². The number of rotatable bonds is 2. The second-order valence-electron chi connectivity index (χ2n) is 7.05.